The molecule has 0 aliphatic carbocycles. The van der Waals surface area contributed by atoms with Crippen molar-refractivity contribution < 1.29 is 9.59 Å². The van der Waals surface area contributed by atoms with Crippen molar-refractivity contribution in [3.05, 3.63) is 35.4 Å². The summed E-state index contributed by atoms with van der Waals surface area (Å²) < 4.78 is 0. The molecule has 5 nitrogen and oxygen atoms in total. The predicted octanol–water partition coefficient (Wildman–Crippen LogP) is 1.93. The van der Waals surface area contributed by atoms with Gasteiger partial charge in [-0.25, -0.2) is 0 Å². The largest absolute Gasteiger partial charge is 0.338 e. The van der Waals surface area contributed by atoms with Crippen LogP contribution in [-0.2, 0) is 10.2 Å². The molecular weight excluding hydrogens is 334 g/mol. The van der Waals surface area contributed by atoms with E-state index in [4.69, 9.17) is 0 Å². The molecule has 1 N–H and O–H groups in total. The molecule has 2 aliphatic heterocycles. The number of hydrogen-bond donors (Lipinski definition) is 1. The van der Waals surface area contributed by atoms with Crippen LogP contribution in [0.25, 0.3) is 0 Å². The van der Waals surface area contributed by atoms with E-state index in [2.05, 4.69) is 26.1 Å². The van der Waals surface area contributed by atoms with Crippen molar-refractivity contribution in [1.82, 2.24) is 15.1 Å². The predicted molar refractivity (Wildman–Crippen MR) is 102 cm³/mol. The molecule has 0 saturated carbocycles. The van der Waals surface area contributed by atoms with E-state index in [9.17, 15) is 9.59 Å². The van der Waals surface area contributed by atoms with Gasteiger partial charge in [0.1, 0.15) is 0 Å². The summed E-state index contributed by atoms with van der Waals surface area (Å²) >= 11 is 1.76. The number of nitrogens with one attached hydrogen (secondary N) is 1. The summed E-state index contributed by atoms with van der Waals surface area (Å²) in [6, 6.07) is 7.85. The molecule has 25 heavy (non-hydrogen) atoms. The summed E-state index contributed by atoms with van der Waals surface area (Å²) in [7, 11) is 0. The highest BCUT2D eigenvalue weighted by Gasteiger charge is 2.30. The van der Waals surface area contributed by atoms with E-state index in [0.29, 0.717) is 26.2 Å². The zero-order chi connectivity index (χ0) is 18.0. The fraction of sp³-hybridized carbons (Fsp3) is 0.579. The first-order chi connectivity index (χ1) is 11.9. The Morgan fingerprint density at radius 2 is 1.64 bits per heavy atom. The SMILES string of the molecule is CC(C)(C)c1ccc(C(=O)N2CCN(C(=O)C3CSCN3)CC2)cc1. The number of nitrogens with zero attached hydrogens (tertiary/aromatic N) is 2. The summed E-state index contributed by atoms with van der Waals surface area (Å²) in [5, 5.41) is 3.22. The summed E-state index contributed by atoms with van der Waals surface area (Å²) in [6.07, 6.45) is 0. The van der Waals surface area contributed by atoms with Gasteiger partial charge in [-0.15, -0.1) is 11.8 Å². The average molecular weight is 362 g/mol. The maximum atomic E-state index is 12.7. The second-order valence-electron chi connectivity index (χ2n) is 7.72. The number of hydrogen-bond acceptors (Lipinski definition) is 4. The van der Waals surface area contributed by atoms with Crippen LogP contribution in [0.1, 0.15) is 36.7 Å². The van der Waals surface area contributed by atoms with Crippen LogP contribution in [0.15, 0.2) is 24.3 Å². The van der Waals surface area contributed by atoms with Gasteiger partial charge in [0.05, 0.1) is 6.04 Å². The van der Waals surface area contributed by atoms with Crippen LogP contribution in [0.2, 0.25) is 0 Å². The first-order valence-electron chi connectivity index (χ1n) is 8.86. The summed E-state index contributed by atoms with van der Waals surface area (Å²) in [6.45, 7) is 8.94. The van der Waals surface area contributed by atoms with E-state index in [-0.39, 0.29) is 23.3 Å². The van der Waals surface area contributed by atoms with Crippen molar-refractivity contribution in [3.63, 3.8) is 0 Å². The molecule has 1 aromatic carbocycles. The van der Waals surface area contributed by atoms with E-state index in [1.807, 2.05) is 34.1 Å². The Kier molecular flexibility index (Phi) is 5.39. The van der Waals surface area contributed by atoms with E-state index >= 15 is 0 Å². The number of amides is 2. The highest BCUT2D eigenvalue weighted by molar-refractivity contribution is 7.99. The Labute approximate surface area is 154 Å². The molecule has 3 rings (SSSR count). The fourth-order valence-corrected chi connectivity index (χ4v) is 4.13. The quantitative estimate of drug-likeness (QED) is 0.875. The van der Waals surface area contributed by atoms with Gasteiger partial charge in [0, 0.05) is 43.4 Å². The molecular formula is C19H27N3O2S. The molecule has 2 heterocycles. The van der Waals surface area contributed by atoms with Crippen molar-refractivity contribution in [2.45, 2.75) is 32.2 Å². The first kappa shape index (κ1) is 18.3. The molecule has 1 aromatic rings. The van der Waals surface area contributed by atoms with E-state index in [1.54, 1.807) is 11.8 Å². The van der Waals surface area contributed by atoms with Crippen molar-refractivity contribution in [3.8, 4) is 0 Å². The molecule has 2 amide bonds. The lowest BCUT2D eigenvalue weighted by molar-refractivity contribution is -0.134. The van der Waals surface area contributed by atoms with Gasteiger partial charge in [0.15, 0.2) is 0 Å². The van der Waals surface area contributed by atoms with Crippen LogP contribution in [0, 0.1) is 0 Å². The van der Waals surface area contributed by atoms with Crippen molar-refractivity contribution in [2.75, 3.05) is 37.8 Å². The minimum absolute atomic E-state index is 0.0575. The first-order valence-corrected chi connectivity index (χ1v) is 10.0. The van der Waals surface area contributed by atoms with Crippen LogP contribution >= 0.6 is 11.8 Å². The molecule has 2 fully saturated rings. The zero-order valence-corrected chi connectivity index (χ0v) is 16.1. The maximum absolute atomic E-state index is 12.7. The summed E-state index contributed by atoms with van der Waals surface area (Å²) in [5.41, 5.74) is 2.03. The van der Waals surface area contributed by atoms with Gasteiger partial charge in [0.25, 0.3) is 5.91 Å². The molecule has 0 aromatic heterocycles. The minimum Gasteiger partial charge on any atom is -0.338 e. The van der Waals surface area contributed by atoms with E-state index in [1.165, 1.54) is 5.56 Å². The monoisotopic (exact) mass is 361 g/mol. The number of carbonyl (C=O) groups excluding carboxylic acids is 2. The number of rotatable bonds is 2. The van der Waals surface area contributed by atoms with Gasteiger partial charge in [-0.3, -0.25) is 14.9 Å². The lowest BCUT2D eigenvalue weighted by Crippen LogP contribution is -2.54. The lowest BCUT2D eigenvalue weighted by Gasteiger charge is -2.36. The van der Waals surface area contributed by atoms with Crippen LogP contribution in [0.3, 0.4) is 0 Å². The molecule has 1 atom stereocenters. The third-order valence-electron chi connectivity index (χ3n) is 4.89. The van der Waals surface area contributed by atoms with Crippen LogP contribution in [0.5, 0.6) is 0 Å². The number of benzene rings is 1. The molecule has 2 aliphatic rings. The van der Waals surface area contributed by atoms with Crippen LogP contribution < -0.4 is 5.32 Å². The van der Waals surface area contributed by atoms with E-state index in [0.717, 1.165) is 17.2 Å². The van der Waals surface area contributed by atoms with Crippen LogP contribution in [-0.4, -0.2) is 65.5 Å². The lowest BCUT2D eigenvalue weighted by atomic mass is 9.86. The summed E-state index contributed by atoms with van der Waals surface area (Å²) in [5.74, 6) is 1.92. The summed E-state index contributed by atoms with van der Waals surface area (Å²) in [4.78, 5) is 28.9. The Bertz CT molecular complexity index is 625. The molecule has 2 saturated heterocycles. The van der Waals surface area contributed by atoms with Gasteiger partial charge in [-0.2, -0.15) is 0 Å². The molecule has 136 valence electrons. The van der Waals surface area contributed by atoms with Gasteiger partial charge >= 0.3 is 0 Å². The molecule has 0 bridgehead atoms. The maximum Gasteiger partial charge on any atom is 0.253 e. The molecule has 0 radical (unpaired) electrons. The molecule has 0 spiro atoms. The van der Waals surface area contributed by atoms with Crippen molar-refractivity contribution in [1.29, 1.82) is 0 Å². The van der Waals surface area contributed by atoms with Gasteiger partial charge in [0.2, 0.25) is 5.91 Å². The Hall–Kier alpha value is -1.53. The van der Waals surface area contributed by atoms with Gasteiger partial charge in [-0.05, 0) is 23.1 Å². The van der Waals surface area contributed by atoms with Crippen LogP contribution in [0.4, 0.5) is 0 Å². The van der Waals surface area contributed by atoms with Crippen molar-refractivity contribution >= 4 is 23.6 Å². The Balaban J connectivity index is 1.57. The average Bonchev–Trinajstić information content (AvgIpc) is 3.14. The third-order valence-corrected chi connectivity index (χ3v) is 5.83. The highest BCUT2D eigenvalue weighted by atomic mass is 32.2. The minimum atomic E-state index is -0.0582. The standard InChI is InChI=1S/C19H27N3O2S/c1-19(2,3)15-6-4-14(5-7-15)17(23)21-8-10-22(11-9-21)18(24)16-12-25-13-20-16/h4-7,16,20H,8-13H2,1-3H3. The number of carbonyl (C=O) groups is 2. The smallest absolute Gasteiger partial charge is 0.253 e. The third kappa shape index (κ3) is 4.18. The second kappa shape index (κ2) is 7.38. The van der Waals surface area contributed by atoms with E-state index < -0.39 is 0 Å². The topological polar surface area (TPSA) is 52.7 Å². The van der Waals surface area contributed by atoms with Gasteiger partial charge < -0.3 is 9.80 Å². The zero-order valence-electron chi connectivity index (χ0n) is 15.2. The second-order valence-corrected chi connectivity index (χ2v) is 8.75. The van der Waals surface area contributed by atoms with Gasteiger partial charge in [-0.1, -0.05) is 32.9 Å². The Morgan fingerprint density at radius 3 is 2.16 bits per heavy atom. The number of piperazine rings is 1. The van der Waals surface area contributed by atoms with Crippen molar-refractivity contribution in [2.24, 2.45) is 0 Å². The number of thioether (sulfide) groups is 1. The molecule has 6 heteroatoms. The Morgan fingerprint density at radius 1 is 1.04 bits per heavy atom. The fourth-order valence-electron chi connectivity index (χ4n) is 3.20. The highest BCUT2D eigenvalue weighted by Crippen LogP contribution is 2.23. The molecule has 1 unspecified atom stereocenters. The normalized spacial score (nSPS) is 21.5.